The van der Waals surface area contributed by atoms with Gasteiger partial charge in [-0.1, -0.05) is 13.0 Å². The first-order chi connectivity index (χ1) is 11.0. The Labute approximate surface area is 136 Å². The molecule has 2 rings (SSSR count). The summed E-state index contributed by atoms with van der Waals surface area (Å²) in [5, 5.41) is 0. The van der Waals surface area contributed by atoms with Crippen LogP contribution >= 0.6 is 0 Å². The van der Waals surface area contributed by atoms with E-state index in [4.69, 9.17) is 9.47 Å². The van der Waals surface area contributed by atoms with Crippen LogP contribution in [0.2, 0.25) is 0 Å². The molecule has 1 aromatic heterocycles. The lowest BCUT2D eigenvalue weighted by Crippen LogP contribution is -2.21. The fraction of sp³-hybridized carbons (Fsp3) is 0.312. The SMILES string of the molecule is CCCOc1ccc(Oc2ncccc2CNS(C)(=O)=O)cc1. The molecule has 0 radical (unpaired) electrons. The lowest BCUT2D eigenvalue weighted by Gasteiger charge is -2.11. The van der Waals surface area contributed by atoms with Crippen LogP contribution in [0.15, 0.2) is 42.6 Å². The summed E-state index contributed by atoms with van der Waals surface area (Å²) in [5.74, 6) is 1.75. The number of hydrogen-bond acceptors (Lipinski definition) is 5. The van der Waals surface area contributed by atoms with Gasteiger partial charge in [-0.05, 0) is 36.8 Å². The zero-order chi connectivity index (χ0) is 16.7. The molecule has 1 aromatic carbocycles. The standard InChI is InChI=1S/C16H20N2O4S/c1-3-11-21-14-6-8-15(9-7-14)22-16-13(5-4-10-17-16)12-18-23(2,19)20/h4-10,18H,3,11-12H2,1-2H3. The van der Waals surface area contributed by atoms with Gasteiger partial charge in [0.1, 0.15) is 11.5 Å². The Morgan fingerprint density at radius 2 is 1.83 bits per heavy atom. The third-order valence-electron chi connectivity index (χ3n) is 2.89. The first kappa shape index (κ1) is 17.2. The van der Waals surface area contributed by atoms with Gasteiger partial charge in [-0.15, -0.1) is 0 Å². The summed E-state index contributed by atoms with van der Waals surface area (Å²) in [6.45, 7) is 2.84. The van der Waals surface area contributed by atoms with E-state index in [1.165, 1.54) is 0 Å². The second-order valence-electron chi connectivity index (χ2n) is 4.98. The predicted molar refractivity (Wildman–Crippen MR) is 88.2 cm³/mol. The molecule has 0 aliphatic rings. The molecule has 0 aliphatic heterocycles. The van der Waals surface area contributed by atoms with Crippen molar-refractivity contribution < 1.29 is 17.9 Å². The predicted octanol–water partition coefficient (Wildman–Crippen LogP) is 2.71. The van der Waals surface area contributed by atoms with Gasteiger partial charge in [-0.3, -0.25) is 0 Å². The Balaban J connectivity index is 2.07. The minimum Gasteiger partial charge on any atom is -0.494 e. The lowest BCUT2D eigenvalue weighted by molar-refractivity contribution is 0.317. The molecule has 7 heteroatoms. The van der Waals surface area contributed by atoms with Crippen molar-refractivity contribution in [3.63, 3.8) is 0 Å². The first-order valence-corrected chi connectivity index (χ1v) is 9.16. The highest BCUT2D eigenvalue weighted by Gasteiger charge is 2.09. The number of hydrogen-bond donors (Lipinski definition) is 1. The summed E-state index contributed by atoms with van der Waals surface area (Å²) >= 11 is 0. The van der Waals surface area contributed by atoms with Crippen molar-refractivity contribution in [2.45, 2.75) is 19.9 Å². The minimum atomic E-state index is -3.28. The molecule has 0 saturated heterocycles. The van der Waals surface area contributed by atoms with E-state index in [0.717, 1.165) is 18.4 Å². The Bertz CT molecular complexity index is 730. The van der Waals surface area contributed by atoms with Crippen LogP contribution in [0, 0.1) is 0 Å². The van der Waals surface area contributed by atoms with Gasteiger partial charge in [0.25, 0.3) is 0 Å². The summed E-state index contributed by atoms with van der Waals surface area (Å²) in [5.41, 5.74) is 0.657. The number of sulfonamides is 1. The van der Waals surface area contributed by atoms with Gasteiger partial charge < -0.3 is 9.47 Å². The van der Waals surface area contributed by atoms with E-state index >= 15 is 0 Å². The topological polar surface area (TPSA) is 77.5 Å². The van der Waals surface area contributed by atoms with E-state index < -0.39 is 10.0 Å². The van der Waals surface area contributed by atoms with Crippen molar-refractivity contribution in [3.8, 4) is 17.4 Å². The Hall–Kier alpha value is -2.12. The van der Waals surface area contributed by atoms with Crippen molar-refractivity contribution in [3.05, 3.63) is 48.2 Å². The van der Waals surface area contributed by atoms with E-state index in [0.29, 0.717) is 23.8 Å². The summed E-state index contributed by atoms with van der Waals surface area (Å²) in [4.78, 5) is 4.16. The number of ether oxygens (including phenoxy) is 2. The van der Waals surface area contributed by atoms with Crippen LogP contribution < -0.4 is 14.2 Å². The molecule has 0 amide bonds. The molecule has 1 N–H and O–H groups in total. The van der Waals surface area contributed by atoms with Crippen LogP contribution in [0.5, 0.6) is 17.4 Å². The number of benzene rings is 1. The van der Waals surface area contributed by atoms with E-state index in [1.54, 1.807) is 30.5 Å². The van der Waals surface area contributed by atoms with Crippen molar-refractivity contribution >= 4 is 10.0 Å². The normalized spacial score (nSPS) is 11.2. The van der Waals surface area contributed by atoms with Gasteiger partial charge in [-0.25, -0.2) is 18.1 Å². The summed E-state index contributed by atoms with van der Waals surface area (Å²) < 4.78 is 36.1. The molecular weight excluding hydrogens is 316 g/mol. The average molecular weight is 336 g/mol. The van der Waals surface area contributed by atoms with E-state index in [-0.39, 0.29) is 6.54 Å². The fourth-order valence-electron chi connectivity index (χ4n) is 1.79. The van der Waals surface area contributed by atoms with E-state index in [2.05, 4.69) is 9.71 Å². The van der Waals surface area contributed by atoms with E-state index in [1.807, 2.05) is 19.1 Å². The maximum Gasteiger partial charge on any atom is 0.223 e. The molecule has 23 heavy (non-hydrogen) atoms. The Morgan fingerprint density at radius 1 is 1.13 bits per heavy atom. The van der Waals surface area contributed by atoms with Crippen LogP contribution in [0.4, 0.5) is 0 Å². The molecule has 124 valence electrons. The molecule has 0 saturated carbocycles. The molecule has 0 unspecified atom stereocenters. The first-order valence-electron chi connectivity index (χ1n) is 7.27. The second kappa shape index (κ2) is 7.94. The lowest BCUT2D eigenvalue weighted by atomic mass is 10.2. The molecular formula is C16H20N2O4S. The monoisotopic (exact) mass is 336 g/mol. The van der Waals surface area contributed by atoms with Crippen molar-refractivity contribution in [1.29, 1.82) is 0 Å². The zero-order valence-corrected chi connectivity index (χ0v) is 14.0. The second-order valence-corrected chi connectivity index (χ2v) is 6.82. The number of aromatic nitrogens is 1. The Kier molecular flexibility index (Phi) is 5.95. The fourth-order valence-corrected chi connectivity index (χ4v) is 2.21. The van der Waals surface area contributed by atoms with Gasteiger partial charge >= 0.3 is 0 Å². The highest BCUT2D eigenvalue weighted by atomic mass is 32.2. The molecule has 0 fully saturated rings. The minimum absolute atomic E-state index is 0.125. The highest BCUT2D eigenvalue weighted by Crippen LogP contribution is 2.25. The van der Waals surface area contributed by atoms with Crippen molar-refractivity contribution in [2.24, 2.45) is 0 Å². The quantitative estimate of drug-likeness (QED) is 0.802. The number of rotatable bonds is 8. The van der Waals surface area contributed by atoms with Crippen LogP contribution in [0.1, 0.15) is 18.9 Å². The molecule has 0 atom stereocenters. The molecule has 0 bridgehead atoms. The van der Waals surface area contributed by atoms with Gasteiger partial charge in [0.05, 0.1) is 12.9 Å². The van der Waals surface area contributed by atoms with Crippen LogP contribution in [0.3, 0.4) is 0 Å². The van der Waals surface area contributed by atoms with Gasteiger partial charge in [0.2, 0.25) is 15.9 Å². The zero-order valence-electron chi connectivity index (χ0n) is 13.2. The molecule has 0 aliphatic carbocycles. The smallest absolute Gasteiger partial charge is 0.223 e. The van der Waals surface area contributed by atoms with Gasteiger partial charge in [-0.2, -0.15) is 0 Å². The van der Waals surface area contributed by atoms with Crippen LogP contribution in [0.25, 0.3) is 0 Å². The molecule has 6 nitrogen and oxygen atoms in total. The van der Waals surface area contributed by atoms with Gasteiger partial charge in [0, 0.05) is 18.3 Å². The van der Waals surface area contributed by atoms with Crippen LogP contribution in [-0.4, -0.2) is 26.3 Å². The van der Waals surface area contributed by atoms with Crippen molar-refractivity contribution in [1.82, 2.24) is 9.71 Å². The molecule has 0 spiro atoms. The number of nitrogens with one attached hydrogen (secondary N) is 1. The summed E-state index contributed by atoms with van der Waals surface area (Å²) in [6.07, 6.45) is 3.65. The summed E-state index contributed by atoms with van der Waals surface area (Å²) in [6, 6.07) is 10.7. The number of nitrogens with zero attached hydrogens (tertiary/aromatic N) is 1. The number of pyridine rings is 1. The third kappa shape index (κ3) is 5.88. The average Bonchev–Trinajstić information content (AvgIpc) is 2.53. The largest absolute Gasteiger partial charge is 0.494 e. The molecule has 1 heterocycles. The van der Waals surface area contributed by atoms with Crippen molar-refractivity contribution in [2.75, 3.05) is 12.9 Å². The van der Waals surface area contributed by atoms with Crippen LogP contribution in [-0.2, 0) is 16.6 Å². The third-order valence-corrected chi connectivity index (χ3v) is 3.55. The molecule has 2 aromatic rings. The highest BCUT2D eigenvalue weighted by molar-refractivity contribution is 7.88. The maximum atomic E-state index is 11.2. The van der Waals surface area contributed by atoms with E-state index in [9.17, 15) is 8.42 Å². The summed E-state index contributed by atoms with van der Waals surface area (Å²) in [7, 11) is -3.28. The maximum absolute atomic E-state index is 11.2. The Morgan fingerprint density at radius 3 is 2.48 bits per heavy atom. The van der Waals surface area contributed by atoms with Gasteiger partial charge in [0.15, 0.2) is 0 Å².